The molecule has 0 aliphatic heterocycles. The third kappa shape index (κ3) is 5.26. The molecule has 0 spiro atoms. The monoisotopic (exact) mass is 428 g/mol. The van der Waals surface area contributed by atoms with Crippen molar-refractivity contribution in [3.63, 3.8) is 0 Å². The number of hydrogen-bond acceptors (Lipinski definition) is 3. The summed E-state index contributed by atoms with van der Waals surface area (Å²) in [5.74, 6) is 1.34. The number of rotatable bonds is 5. The van der Waals surface area contributed by atoms with Crippen LogP contribution in [0.2, 0.25) is 0 Å². The van der Waals surface area contributed by atoms with Gasteiger partial charge in [-0.25, -0.2) is 0 Å². The molecule has 1 unspecified atom stereocenters. The summed E-state index contributed by atoms with van der Waals surface area (Å²) in [4.78, 5) is 0. The van der Waals surface area contributed by atoms with E-state index in [1.54, 1.807) is 0 Å². The van der Waals surface area contributed by atoms with Gasteiger partial charge in [0.1, 0.15) is 0 Å². The maximum absolute atomic E-state index is 10.1. The molecule has 0 aromatic rings. The molecule has 0 bridgehead atoms. The molecule has 3 heteroatoms. The van der Waals surface area contributed by atoms with Crippen LogP contribution in [0.15, 0.2) is 47.6 Å². The quantitative estimate of drug-likeness (QED) is 0.375. The van der Waals surface area contributed by atoms with Crippen molar-refractivity contribution in [3.05, 3.63) is 47.6 Å². The lowest BCUT2D eigenvalue weighted by Crippen LogP contribution is -2.39. The predicted molar refractivity (Wildman–Crippen MR) is 128 cm³/mol. The molecular weight excluding hydrogens is 384 g/mol. The van der Waals surface area contributed by atoms with Crippen LogP contribution < -0.4 is 0 Å². The minimum Gasteiger partial charge on any atom is -0.388 e. The van der Waals surface area contributed by atoms with Gasteiger partial charge in [0.05, 0.1) is 6.10 Å². The number of aliphatic hydroxyl groups is 3. The van der Waals surface area contributed by atoms with Gasteiger partial charge in [-0.3, -0.25) is 0 Å². The molecule has 0 saturated heterocycles. The molecule has 3 rings (SSSR count). The molecule has 3 aliphatic carbocycles. The molecule has 3 nitrogen and oxygen atoms in total. The van der Waals surface area contributed by atoms with Crippen molar-refractivity contribution in [2.75, 3.05) is 0 Å². The van der Waals surface area contributed by atoms with Crippen LogP contribution in [0.4, 0.5) is 0 Å². The predicted octanol–water partition coefficient (Wildman–Crippen LogP) is 5.93. The third-order valence-corrected chi connectivity index (χ3v) is 8.75. The van der Waals surface area contributed by atoms with E-state index in [2.05, 4.69) is 59.4 Å². The minimum absolute atomic E-state index is 0.0665. The van der Waals surface area contributed by atoms with Crippen LogP contribution in [0, 0.1) is 35.0 Å². The second-order valence-corrected chi connectivity index (χ2v) is 11.3. The van der Waals surface area contributed by atoms with Crippen molar-refractivity contribution in [3.8, 4) is 0 Å². The third-order valence-electron chi connectivity index (χ3n) is 8.75. The van der Waals surface area contributed by atoms with Crippen molar-refractivity contribution in [2.24, 2.45) is 35.0 Å². The fourth-order valence-corrected chi connectivity index (χ4v) is 6.36. The van der Waals surface area contributed by atoms with E-state index >= 15 is 0 Å². The average molecular weight is 429 g/mol. The van der Waals surface area contributed by atoms with Crippen LogP contribution in [0.25, 0.3) is 0 Å². The Bertz CT molecular complexity index is 756. The molecule has 3 fully saturated rings. The summed E-state index contributed by atoms with van der Waals surface area (Å²) < 4.78 is 0. The molecule has 3 N–H and O–H groups in total. The topological polar surface area (TPSA) is 60.7 Å². The van der Waals surface area contributed by atoms with Crippen LogP contribution in [0.5, 0.6) is 0 Å². The Morgan fingerprint density at radius 3 is 2.45 bits per heavy atom. The van der Waals surface area contributed by atoms with E-state index in [0.29, 0.717) is 40.6 Å². The zero-order chi connectivity index (χ0) is 23.0. The zero-order valence-electron chi connectivity index (χ0n) is 20.3. The van der Waals surface area contributed by atoms with Gasteiger partial charge in [0.25, 0.3) is 0 Å². The van der Waals surface area contributed by atoms with Gasteiger partial charge in [0.15, 0.2) is 5.79 Å². The lowest BCUT2D eigenvalue weighted by Gasteiger charge is -2.44. The maximum atomic E-state index is 10.1. The summed E-state index contributed by atoms with van der Waals surface area (Å²) in [6.45, 7) is 15.8. The zero-order valence-corrected chi connectivity index (χ0v) is 20.3. The Morgan fingerprint density at radius 1 is 1.06 bits per heavy atom. The molecule has 6 atom stereocenters. The van der Waals surface area contributed by atoms with Crippen molar-refractivity contribution in [1.29, 1.82) is 0 Å². The van der Waals surface area contributed by atoms with Gasteiger partial charge in [-0.05, 0) is 78.3 Å². The average Bonchev–Trinajstić information content (AvgIpc) is 3.04. The number of hydrogen-bond donors (Lipinski definition) is 3. The van der Waals surface area contributed by atoms with E-state index in [-0.39, 0.29) is 12.8 Å². The van der Waals surface area contributed by atoms with E-state index in [1.165, 1.54) is 31.3 Å². The van der Waals surface area contributed by atoms with E-state index in [1.807, 2.05) is 6.08 Å². The molecule has 0 heterocycles. The van der Waals surface area contributed by atoms with Crippen LogP contribution in [0.3, 0.4) is 0 Å². The van der Waals surface area contributed by atoms with Gasteiger partial charge in [-0.1, -0.05) is 71.1 Å². The highest BCUT2D eigenvalue weighted by atomic mass is 16.5. The van der Waals surface area contributed by atoms with Gasteiger partial charge < -0.3 is 15.3 Å². The van der Waals surface area contributed by atoms with Crippen molar-refractivity contribution < 1.29 is 15.3 Å². The van der Waals surface area contributed by atoms with E-state index < -0.39 is 11.9 Å². The summed E-state index contributed by atoms with van der Waals surface area (Å²) in [7, 11) is 0. The molecule has 174 valence electrons. The molecule has 3 saturated carbocycles. The summed E-state index contributed by atoms with van der Waals surface area (Å²) in [6, 6.07) is 0. The highest BCUT2D eigenvalue weighted by Crippen LogP contribution is 2.59. The van der Waals surface area contributed by atoms with Gasteiger partial charge in [-0.2, -0.15) is 0 Å². The Hall–Kier alpha value is -1.16. The summed E-state index contributed by atoms with van der Waals surface area (Å²) in [5.41, 5.74) is 3.20. The van der Waals surface area contributed by atoms with Crippen LogP contribution in [-0.2, 0) is 0 Å². The van der Waals surface area contributed by atoms with Crippen molar-refractivity contribution >= 4 is 0 Å². The Morgan fingerprint density at radius 2 is 1.77 bits per heavy atom. The first-order valence-corrected chi connectivity index (χ1v) is 12.3. The van der Waals surface area contributed by atoms with E-state index in [4.69, 9.17) is 0 Å². The highest BCUT2D eigenvalue weighted by Gasteiger charge is 2.50. The van der Waals surface area contributed by atoms with Crippen molar-refractivity contribution in [2.45, 2.75) is 91.5 Å². The smallest absolute Gasteiger partial charge is 0.169 e. The van der Waals surface area contributed by atoms with Crippen molar-refractivity contribution in [1.82, 2.24) is 0 Å². The number of fused-ring (bicyclic) bond motifs is 1. The molecular formula is C28H44O3. The van der Waals surface area contributed by atoms with Gasteiger partial charge in [0, 0.05) is 12.8 Å². The normalized spacial score (nSPS) is 38.2. The molecule has 3 aliphatic rings. The SMILES string of the molecule is C=C1/C(=C\C=C2/CCC[C@@]3(C)C2CC[C@@H]3[C@H](C)/C=C/[C@@H](C)C(C)C)CC(O)(O)C[C@H]1O. The second kappa shape index (κ2) is 9.37. The number of allylic oxidation sites excluding steroid dienone is 5. The fraction of sp³-hybridized carbons (Fsp3) is 0.714. The van der Waals surface area contributed by atoms with Gasteiger partial charge in [0.2, 0.25) is 0 Å². The first-order valence-electron chi connectivity index (χ1n) is 12.3. The molecule has 0 aromatic heterocycles. The maximum Gasteiger partial charge on any atom is 0.169 e. The Labute approximate surface area is 189 Å². The first kappa shape index (κ1) is 24.5. The minimum atomic E-state index is -1.85. The lowest BCUT2D eigenvalue weighted by atomic mass is 9.61. The van der Waals surface area contributed by atoms with Crippen LogP contribution in [-0.4, -0.2) is 27.2 Å². The Balaban J connectivity index is 1.78. The number of aliphatic hydroxyl groups excluding tert-OH is 1. The molecule has 0 radical (unpaired) electrons. The standard InChI is InChI=1S/C28H44O3/c1-18(2)19(3)9-10-20(4)24-13-14-25-22(8-7-15-27(24,25)6)11-12-23-16-28(30,31)17-26(29)21(23)5/h9-12,18-20,24-26,29-31H,5,7-8,13-17H2,1-4,6H3/b10-9+,22-11+,23-12-/t19-,20-,24-,25?,26-,27-/m1/s1. The summed E-state index contributed by atoms with van der Waals surface area (Å²) in [5, 5.41) is 30.3. The van der Waals surface area contributed by atoms with Crippen LogP contribution >= 0.6 is 0 Å². The van der Waals surface area contributed by atoms with Gasteiger partial charge in [-0.15, -0.1) is 0 Å². The fourth-order valence-electron chi connectivity index (χ4n) is 6.36. The molecule has 0 aromatic carbocycles. The van der Waals surface area contributed by atoms with Crippen LogP contribution in [0.1, 0.15) is 79.6 Å². The second-order valence-electron chi connectivity index (χ2n) is 11.3. The summed E-state index contributed by atoms with van der Waals surface area (Å²) in [6.07, 6.45) is 14.4. The largest absolute Gasteiger partial charge is 0.388 e. The Kier molecular flexibility index (Phi) is 7.40. The lowest BCUT2D eigenvalue weighted by molar-refractivity contribution is -0.181. The van der Waals surface area contributed by atoms with E-state index in [9.17, 15) is 15.3 Å². The van der Waals surface area contributed by atoms with Gasteiger partial charge >= 0.3 is 0 Å². The summed E-state index contributed by atoms with van der Waals surface area (Å²) >= 11 is 0. The first-order chi connectivity index (χ1) is 14.4. The van der Waals surface area contributed by atoms with E-state index in [0.717, 1.165) is 12.0 Å². The highest BCUT2D eigenvalue weighted by molar-refractivity contribution is 5.39. The molecule has 31 heavy (non-hydrogen) atoms. The molecule has 0 amide bonds.